The molecule has 100 valence electrons. The Balaban J connectivity index is 1.67. The minimum absolute atomic E-state index is 0.0762. The summed E-state index contributed by atoms with van der Waals surface area (Å²) >= 11 is 2.21. The molecule has 1 aromatic carbocycles. The van der Waals surface area contributed by atoms with E-state index in [0.29, 0.717) is 17.8 Å². The van der Waals surface area contributed by atoms with Crippen LogP contribution >= 0.6 is 22.6 Å². The van der Waals surface area contributed by atoms with E-state index >= 15 is 0 Å². The van der Waals surface area contributed by atoms with Crippen molar-refractivity contribution in [1.29, 1.82) is 0 Å². The minimum Gasteiger partial charge on any atom is -0.391 e. The predicted octanol–water partition coefficient (Wildman–Crippen LogP) is 2.13. The van der Waals surface area contributed by atoms with Crippen LogP contribution in [0.1, 0.15) is 23.2 Å². The van der Waals surface area contributed by atoms with Gasteiger partial charge in [0.1, 0.15) is 0 Å². The number of hydrogen-bond acceptors (Lipinski definition) is 2. The number of benzene rings is 1. The van der Waals surface area contributed by atoms with Crippen LogP contribution in [0, 0.1) is 21.3 Å². The normalized spacial score (nSPS) is 39.1. The van der Waals surface area contributed by atoms with Gasteiger partial charge in [-0.15, -0.1) is 0 Å². The third-order valence-corrected chi connectivity index (χ3v) is 6.15. The first-order chi connectivity index (χ1) is 9.16. The second kappa shape index (κ2) is 4.19. The Kier molecular flexibility index (Phi) is 2.68. The average Bonchev–Trinajstić information content (AvgIpc) is 2.99. The van der Waals surface area contributed by atoms with Gasteiger partial charge >= 0.3 is 0 Å². The Morgan fingerprint density at radius 1 is 1.26 bits per heavy atom. The lowest BCUT2D eigenvalue weighted by Gasteiger charge is -2.29. The molecule has 4 heteroatoms. The van der Waals surface area contributed by atoms with E-state index < -0.39 is 0 Å². The van der Waals surface area contributed by atoms with Crippen LogP contribution in [0.5, 0.6) is 0 Å². The number of aliphatic hydroxyl groups is 1. The summed E-state index contributed by atoms with van der Waals surface area (Å²) in [6.45, 7) is 0.840. The van der Waals surface area contributed by atoms with Gasteiger partial charge in [-0.2, -0.15) is 0 Å². The van der Waals surface area contributed by atoms with Gasteiger partial charge in [-0.3, -0.25) is 4.79 Å². The van der Waals surface area contributed by atoms with E-state index in [4.69, 9.17) is 0 Å². The number of amides is 1. The quantitative estimate of drug-likeness (QED) is 0.771. The Morgan fingerprint density at radius 2 is 2.05 bits per heavy atom. The molecule has 4 rings (SSSR count). The van der Waals surface area contributed by atoms with Gasteiger partial charge in [0, 0.05) is 10.1 Å². The van der Waals surface area contributed by atoms with Crippen LogP contribution in [0.4, 0.5) is 0 Å². The maximum Gasteiger partial charge on any atom is 0.255 e. The molecule has 5 atom stereocenters. The number of hydrogen-bond donors (Lipinski definition) is 1. The fourth-order valence-electron chi connectivity index (χ4n) is 4.44. The largest absolute Gasteiger partial charge is 0.391 e. The monoisotopic (exact) mass is 369 g/mol. The van der Waals surface area contributed by atoms with Gasteiger partial charge in [0.05, 0.1) is 17.7 Å². The van der Waals surface area contributed by atoms with Gasteiger partial charge in [-0.1, -0.05) is 12.1 Å². The fourth-order valence-corrected chi connectivity index (χ4v) is 5.06. The Bertz CT molecular complexity index is 545. The molecule has 1 N–H and O–H groups in total. The zero-order valence-electron chi connectivity index (χ0n) is 10.5. The van der Waals surface area contributed by atoms with Crippen molar-refractivity contribution in [2.45, 2.75) is 25.0 Å². The molecule has 3 nitrogen and oxygen atoms in total. The topological polar surface area (TPSA) is 40.5 Å². The summed E-state index contributed by atoms with van der Waals surface area (Å²) in [5, 5.41) is 10.3. The van der Waals surface area contributed by atoms with Crippen LogP contribution in [0.2, 0.25) is 0 Å². The highest BCUT2D eigenvalue weighted by molar-refractivity contribution is 14.1. The molecule has 2 aliphatic carbocycles. The van der Waals surface area contributed by atoms with E-state index in [2.05, 4.69) is 22.6 Å². The molecular formula is C15H16INO2. The van der Waals surface area contributed by atoms with E-state index in [-0.39, 0.29) is 18.1 Å². The number of likely N-dealkylation sites (tertiary alicyclic amines) is 1. The second-order valence-corrected chi connectivity index (χ2v) is 7.24. The SMILES string of the molecule is O=C(c1ccccc1I)N1CC2CC3CC2C1C3O. The van der Waals surface area contributed by atoms with Crippen molar-refractivity contribution in [3.05, 3.63) is 33.4 Å². The van der Waals surface area contributed by atoms with Crippen molar-refractivity contribution >= 4 is 28.5 Å². The molecule has 1 heterocycles. The number of halogens is 1. The van der Waals surface area contributed by atoms with Crippen LogP contribution in [0.3, 0.4) is 0 Å². The summed E-state index contributed by atoms with van der Waals surface area (Å²) in [6.07, 6.45) is 1.93. The van der Waals surface area contributed by atoms with Crippen LogP contribution in [-0.4, -0.2) is 34.6 Å². The minimum atomic E-state index is -0.297. The molecule has 19 heavy (non-hydrogen) atoms. The van der Waals surface area contributed by atoms with E-state index in [1.165, 1.54) is 0 Å². The van der Waals surface area contributed by atoms with Crippen molar-refractivity contribution in [3.8, 4) is 0 Å². The molecule has 0 aromatic heterocycles. The third-order valence-electron chi connectivity index (χ3n) is 5.21. The zero-order valence-corrected chi connectivity index (χ0v) is 12.7. The van der Waals surface area contributed by atoms with Crippen LogP contribution in [-0.2, 0) is 0 Å². The van der Waals surface area contributed by atoms with Gasteiger partial charge in [0.15, 0.2) is 0 Å². The van der Waals surface area contributed by atoms with Gasteiger partial charge in [-0.25, -0.2) is 0 Å². The van der Waals surface area contributed by atoms with Gasteiger partial charge in [0.2, 0.25) is 0 Å². The smallest absolute Gasteiger partial charge is 0.255 e. The zero-order chi connectivity index (χ0) is 13.1. The van der Waals surface area contributed by atoms with Gasteiger partial charge in [0.25, 0.3) is 5.91 Å². The number of aliphatic hydroxyl groups excluding tert-OH is 1. The standard InChI is InChI=1S/C15H16INO2/c16-12-4-2-1-3-10(12)15(19)17-7-9-5-8-6-11(9)13(17)14(8)18/h1-4,8-9,11,13-14,18H,5-7H2. The van der Waals surface area contributed by atoms with Crippen LogP contribution < -0.4 is 0 Å². The average molecular weight is 369 g/mol. The Labute approximate surface area is 126 Å². The van der Waals surface area contributed by atoms with E-state index in [0.717, 1.165) is 28.5 Å². The maximum atomic E-state index is 12.7. The number of fused-ring (bicyclic) bond motifs is 1. The number of nitrogens with zero attached hydrogens (tertiary/aromatic N) is 1. The van der Waals surface area contributed by atoms with Crippen LogP contribution in [0.15, 0.2) is 24.3 Å². The molecule has 5 unspecified atom stereocenters. The van der Waals surface area contributed by atoms with Crippen molar-refractivity contribution in [2.24, 2.45) is 17.8 Å². The van der Waals surface area contributed by atoms with Crippen molar-refractivity contribution < 1.29 is 9.90 Å². The molecule has 3 aliphatic rings. The molecule has 2 saturated carbocycles. The lowest BCUT2D eigenvalue weighted by Crippen LogP contribution is -2.44. The Morgan fingerprint density at radius 3 is 2.79 bits per heavy atom. The molecule has 0 radical (unpaired) electrons. The highest BCUT2D eigenvalue weighted by Crippen LogP contribution is 2.55. The lowest BCUT2D eigenvalue weighted by molar-refractivity contribution is 0.0401. The lowest BCUT2D eigenvalue weighted by atomic mass is 9.88. The van der Waals surface area contributed by atoms with Crippen molar-refractivity contribution in [3.63, 3.8) is 0 Å². The first-order valence-corrected chi connectivity index (χ1v) is 7.98. The second-order valence-electron chi connectivity index (χ2n) is 6.07. The molecular weight excluding hydrogens is 353 g/mol. The summed E-state index contributed by atoms with van der Waals surface area (Å²) in [7, 11) is 0. The number of carbonyl (C=O) groups is 1. The first kappa shape index (κ1) is 12.1. The highest BCUT2D eigenvalue weighted by Gasteiger charge is 2.59. The van der Waals surface area contributed by atoms with Crippen molar-refractivity contribution in [1.82, 2.24) is 4.90 Å². The Hall–Kier alpha value is -0.620. The summed E-state index contributed by atoms with van der Waals surface area (Å²) in [6, 6.07) is 7.79. The van der Waals surface area contributed by atoms with Crippen LogP contribution in [0.25, 0.3) is 0 Å². The van der Waals surface area contributed by atoms with E-state index in [1.807, 2.05) is 29.2 Å². The molecule has 1 amide bonds. The molecule has 1 aromatic rings. The third kappa shape index (κ3) is 1.62. The molecule has 0 spiro atoms. The number of rotatable bonds is 1. The van der Waals surface area contributed by atoms with Crippen molar-refractivity contribution in [2.75, 3.05) is 6.54 Å². The fraction of sp³-hybridized carbons (Fsp3) is 0.533. The van der Waals surface area contributed by atoms with Gasteiger partial charge < -0.3 is 10.0 Å². The van der Waals surface area contributed by atoms with E-state index in [1.54, 1.807) is 0 Å². The molecule has 3 fully saturated rings. The first-order valence-electron chi connectivity index (χ1n) is 6.90. The summed E-state index contributed by atoms with van der Waals surface area (Å²) < 4.78 is 0.994. The molecule has 2 bridgehead atoms. The highest BCUT2D eigenvalue weighted by atomic mass is 127. The molecule has 1 saturated heterocycles. The maximum absolute atomic E-state index is 12.7. The van der Waals surface area contributed by atoms with E-state index in [9.17, 15) is 9.90 Å². The molecule has 1 aliphatic heterocycles. The summed E-state index contributed by atoms with van der Waals surface area (Å²) in [5.74, 6) is 1.71. The number of carbonyl (C=O) groups excluding carboxylic acids is 1. The summed E-state index contributed by atoms with van der Waals surface area (Å²) in [5.41, 5.74) is 0.778. The van der Waals surface area contributed by atoms with Gasteiger partial charge in [-0.05, 0) is 65.3 Å². The predicted molar refractivity (Wildman–Crippen MR) is 79.7 cm³/mol. The summed E-state index contributed by atoms with van der Waals surface area (Å²) in [4.78, 5) is 14.7.